The minimum Gasteiger partial charge on any atom is -0.372 e. The molecular weight excluding hydrogens is 527 g/mol. The fourth-order valence-electron chi connectivity index (χ4n) is 2.38. The molecule has 3 nitrogen and oxygen atoms in total. The monoisotopic (exact) mass is 552 g/mol. The Balaban J connectivity index is 6.55. The third kappa shape index (κ3) is 6.30. The first-order valence-electron chi connectivity index (χ1n) is 9.99. The zero-order valence-electron chi connectivity index (χ0n) is 18.2. The van der Waals surface area contributed by atoms with Crippen molar-refractivity contribution < 1.29 is 70.4 Å². The Kier molecular flexibility index (Phi) is 12.1. The summed E-state index contributed by atoms with van der Waals surface area (Å²) in [5.74, 6) is -33.5. The Morgan fingerprint density at radius 2 is 0.912 bits per heavy atom. The first-order chi connectivity index (χ1) is 15.4. The van der Waals surface area contributed by atoms with Gasteiger partial charge in [0.1, 0.15) is 0 Å². The Labute approximate surface area is 188 Å². The van der Waals surface area contributed by atoms with Crippen molar-refractivity contribution in [1.29, 1.82) is 0 Å². The van der Waals surface area contributed by atoms with Crippen molar-refractivity contribution in [1.82, 2.24) is 0 Å². The van der Waals surface area contributed by atoms with E-state index in [1.165, 1.54) is 20.8 Å². The average molecular weight is 552 g/mol. The van der Waals surface area contributed by atoms with Crippen LogP contribution in [-0.4, -0.2) is 76.9 Å². The van der Waals surface area contributed by atoms with Crippen molar-refractivity contribution in [3.05, 3.63) is 0 Å². The fraction of sp³-hybridized carbons (Fsp3) is 1.00. The molecule has 206 valence electrons. The van der Waals surface area contributed by atoms with Crippen molar-refractivity contribution >= 4 is 8.80 Å². The first-order valence-corrected chi connectivity index (χ1v) is 11.8. The summed E-state index contributed by atoms with van der Waals surface area (Å²) in [5, 5.41) is 0. The molecule has 0 aromatic heterocycles. The van der Waals surface area contributed by atoms with E-state index < -0.39 is 76.9 Å². The molecule has 0 aromatic rings. The molecule has 0 saturated carbocycles. The molecule has 0 aromatic carbocycles. The molecule has 0 spiro atoms. The zero-order valence-corrected chi connectivity index (χ0v) is 19.2. The first kappa shape index (κ1) is 33.2. The van der Waals surface area contributed by atoms with Crippen LogP contribution >= 0.6 is 0 Å². The van der Waals surface area contributed by atoms with E-state index in [9.17, 15) is 57.1 Å². The summed E-state index contributed by atoms with van der Waals surface area (Å²) >= 11 is 0. The molecule has 0 saturated heterocycles. The number of hydrogen-bond donors (Lipinski definition) is 0. The molecule has 0 aliphatic carbocycles. The molecule has 0 bridgehead atoms. The highest BCUT2D eigenvalue weighted by atomic mass is 28.4. The van der Waals surface area contributed by atoms with E-state index in [1.807, 2.05) is 0 Å². The molecule has 34 heavy (non-hydrogen) atoms. The van der Waals surface area contributed by atoms with Gasteiger partial charge in [0.25, 0.3) is 6.43 Å². The van der Waals surface area contributed by atoms with E-state index in [0.717, 1.165) is 0 Å². The van der Waals surface area contributed by atoms with Crippen LogP contribution in [0.2, 0.25) is 0 Å². The summed E-state index contributed by atoms with van der Waals surface area (Å²) in [6.45, 7) is 2.10. The molecule has 0 aliphatic rings. The topological polar surface area (TPSA) is 27.7 Å². The fourth-order valence-corrected chi connectivity index (χ4v) is 5.16. The van der Waals surface area contributed by atoms with Gasteiger partial charge in [0.15, 0.2) is 6.17 Å². The number of hydrogen-bond acceptors (Lipinski definition) is 3. The summed E-state index contributed by atoms with van der Waals surface area (Å²) in [7, 11) is -5.67. The molecular formula is C17H25F13O3Si. The van der Waals surface area contributed by atoms with E-state index in [0.29, 0.717) is 0 Å². The highest BCUT2D eigenvalue weighted by molar-refractivity contribution is 6.62. The quantitative estimate of drug-likeness (QED) is 0.151. The minimum atomic E-state index is -7.55. The second kappa shape index (κ2) is 12.4. The zero-order chi connectivity index (χ0) is 27.2. The van der Waals surface area contributed by atoms with Crippen LogP contribution in [0.3, 0.4) is 0 Å². The summed E-state index contributed by atoms with van der Waals surface area (Å²) in [4.78, 5) is 0. The number of rotatable bonds is 17. The third-order valence-electron chi connectivity index (χ3n) is 4.25. The molecule has 0 aliphatic heterocycles. The van der Waals surface area contributed by atoms with Gasteiger partial charge in [-0.3, -0.25) is 0 Å². The van der Waals surface area contributed by atoms with Gasteiger partial charge in [-0.15, -0.1) is 0 Å². The second-order valence-electron chi connectivity index (χ2n) is 7.09. The summed E-state index contributed by atoms with van der Waals surface area (Å²) < 4.78 is 193. The van der Waals surface area contributed by atoms with Crippen LogP contribution in [0.5, 0.6) is 0 Å². The van der Waals surface area contributed by atoms with Crippen LogP contribution in [0, 0.1) is 0 Å². The van der Waals surface area contributed by atoms with Crippen LogP contribution < -0.4 is 0 Å². The smallest absolute Gasteiger partial charge is 0.372 e. The molecule has 0 N–H and O–H groups in total. The van der Waals surface area contributed by atoms with Gasteiger partial charge < -0.3 is 13.3 Å². The van der Waals surface area contributed by atoms with Gasteiger partial charge in [-0.25, -0.2) is 22.0 Å². The lowest BCUT2D eigenvalue weighted by molar-refractivity contribution is -0.385. The van der Waals surface area contributed by atoms with Gasteiger partial charge in [-0.1, -0.05) is 20.8 Å². The highest BCUT2D eigenvalue weighted by Gasteiger charge is 2.87. The Hall–Kier alpha value is -0.813. The molecule has 0 radical (unpaired) electrons. The number of halogens is 13. The Morgan fingerprint density at radius 3 is 1.21 bits per heavy atom. The van der Waals surface area contributed by atoms with Crippen LogP contribution in [0.25, 0.3) is 0 Å². The van der Waals surface area contributed by atoms with Gasteiger partial charge in [-0.2, -0.15) is 35.1 Å². The van der Waals surface area contributed by atoms with Crippen LogP contribution in [-0.2, 0) is 13.3 Å². The van der Waals surface area contributed by atoms with E-state index in [1.54, 1.807) is 0 Å². The van der Waals surface area contributed by atoms with Crippen molar-refractivity contribution in [3.8, 4) is 0 Å². The largest absolute Gasteiger partial charge is 0.543 e. The molecule has 0 amide bonds. The van der Waals surface area contributed by atoms with Crippen molar-refractivity contribution in [2.45, 2.75) is 88.3 Å². The predicted molar refractivity (Wildman–Crippen MR) is 95.0 cm³/mol. The second-order valence-corrected chi connectivity index (χ2v) is 9.67. The number of alkyl halides is 13. The molecule has 0 fully saturated rings. The van der Waals surface area contributed by atoms with Crippen LogP contribution in [0.4, 0.5) is 57.1 Å². The molecule has 3 unspecified atom stereocenters. The standard InChI is InChI=1S/C17H25F13O3Si/c1-4-7-31-34(32-8-5-2,33-9-6-3)13(22)15(25,26)17(29,30)16(27,28)14(23,24)11(19)10(18)12(20)21/h10-13H,4-9H2,1-3H3. The molecule has 17 heteroatoms. The van der Waals surface area contributed by atoms with Gasteiger partial charge in [0.2, 0.25) is 12.0 Å². The van der Waals surface area contributed by atoms with E-state index in [4.69, 9.17) is 13.3 Å². The molecule has 3 atom stereocenters. The lowest BCUT2D eigenvalue weighted by Gasteiger charge is -2.42. The van der Waals surface area contributed by atoms with Crippen molar-refractivity contribution in [2.75, 3.05) is 19.8 Å². The SMILES string of the molecule is CCCO[Si](OCCC)(OCCC)C(F)C(F)(F)C(F)(F)C(F)(F)C(F)(F)C(F)C(F)C(F)F. The normalized spacial score (nSPS) is 17.2. The lowest BCUT2D eigenvalue weighted by atomic mass is 9.94. The summed E-state index contributed by atoms with van der Waals surface area (Å²) in [5.41, 5.74) is 0. The van der Waals surface area contributed by atoms with Gasteiger partial charge in [0.05, 0.1) is 0 Å². The van der Waals surface area contributed by atoms with Crippen molar-refractivity contribution in [3.63, 3.8) is 0 Å². The maximum Gasteiger partial charge on any atom is 0.543 e. The van der Waals surface area contributed by atoms with Crippen LogP contribution in [0.1, 0.15) is 40.0 Å². The van der Waals surface area contributed by atoms with E-state index >= 15 is 0 Å². The Morgan fingerprint density at radius 1 is 0.588 bits per heavy atom. The Bertz CT molecular complexity index is 587. The maximum absolute atomic E-state index is 15.0. The minimum absolute atomic E-state index is 0.0579. The molecule has 0 heterocycles. The highest BCUT2D eigenvalue weighted by Crippen LogP contribution is 2.57. The van der Waals surface area contributed by atoms with Gasteiger partial charge in [0, 0.05) is 19.8 Å². The van der Waals surface area contributed by atoms with E-state index in [-0.39, 0.29) is 19.3 Å². The van der Waals surface area contributed by atoms with Crippen LogP contribution in [0.15, 0.2) is 0 Å². The summed E-state index contributed by atoms with van der Waals surface area (Å²) in [6, 6.07) is 0. The van der Waals surface area contributed by atoms with Gasteiger partial charge >= 0.3 is 32.5 Å². The van der Waals surface area contributed by atoms with Gasteiger partial charge in [-0.05, 0) is 19.3 Å². The molecule has 0 rings (SSSR count). The average Bonchev–Trinajstić information content (AvgIpc) is 2.76. The maximum atomic E-state index is 15.0. The third-order valence-corrected chi connectivity index (χ3v) is 7.05. The predicted octanol–water partition coefficient (Wildman–Crippen LogP) is 6.56. The van der Waals surface area contributed by atoms with Crippen molar-refractivity contribution in [2.24, 2.45) is 0 Å². The lowest BCUT2D eigenvalue weighted by Crippen LogP contribution is -2.72. The van der Waals surface area contributed by atoms with E-state index in [2.05, 4.69) is 0 Å². The summed E-state index contributed by atoms with van der Waals surface area (Å²) in [6.07, 6.45) is -14.9.